The minimum atomic E-state index is -0.863. The molecule has 2 amide bonds. The number of halogens is 4. The summed E-state index contributed by atoms with van der Waals surface area (Å²) in [5, 5.41) is 32.6. The Balaban J connectivity index is 0.000000240. The molecule has 76 heavy (non-hydrogen) atoms. The van der Waals surface area contributed by atoms with Gasteiger partial charge in [-0.3, -0.25) is 38.3 Å². The van der Waals surface area contributed by atoms with Crippen molar-refractivity contribution in [2.24, 2.45) is 0 Å². The minimum Gasteiger partial charge on any atom is -0.506 e. The summed E-state index contributed by atoms with van der Waals surface area (Å²) in [7, 11) is 0. The quantitative estimate of drug-likeness (QED) is 0.102. The topological polar surface area (TPSA) is 219 Å². The van der Waals surface area contributed by atoms with E-state index in [4.69, 9.17) is 23.2 Å². The first-order chi connectivity index (χ1) is 35.6. The molecule has 0 aromatic carbocycles. The molecule has 8 rings (SSSR count). The van der Waals surface area contributed by atoms with Gasteiger partial charge in [-0.15, -0.1) is 0 Å². The van der Waals surface area contributed by atoms with Crippen LogP contribution in [0.1, 0.15) is 120 Å². The number of aromatic hydroxyl groups is 1. The fourth-order valence-corrected chi connectivity index (χ4v) is 9.24. The van der Waals surface area contributed by atoms with Gasteiger partial charge in [-0.2, -0.15) is 10.5 Å². The molecular formula is C55H62Cl2F2N12O5. The number of pyridine rings is 6. The summed E-state index contributed by atoms with van der Waals surface area (Å²) in [6.07, 6.45) is 5.98. The molecule has 400 valence electrons. The van der Waals surface area contributed by atoms with Crippen LogP contribution in [0.2, 0.25) is 10.3 Å². The molecule has 2 aliphatic heterocycles. The van der Waals surface area contributed by atoms with Crippen molar-refractivity contribution in [1.29, 1.82) is 10.5 Å². The van der Waals surface area contributed by atoms with E-state index in [0.717, 1.165) is 43.4 Å². The lowest BCUT2D eigenvalue weighted by Crippen LogP contribution is -2.49. The number of nitrogens with zero attached hydrogens (tertiary/aromatic N) is 11. The molecule has 21 heteroatoms. The third kappa shape index (κ3) is 11.9. The monoisotopic (exact) mass is 1080 g/mol. The van der Waals surface area contributed by atoms with Crippen LogP contribution < -0.4 is 21.3 Å². The molecule has 0 atom stereocenters. The van der Waals surface area contributed by atoms with Crippen LogP contribution in [0.3, 0.4) is 0 Å². The SMILES string of the molecule is C.C=CC(=O)N1CCN(c2c(C#N)c(=O)n(-c3c(C(C)C)ccnc3C(C)C)c3nc(Cl)c(F)cc23)CC1.C=CC(=O)N1CCNCC1.CC(C)c1ccnc(C(C)C)c1-n1c(=O)c(C#N)c(O)c2cc(F)c(Cl)nc21. The smallest absolute Gasteiger partial charge is 0.278 e. The van der Waals surface area contributed by atoms with Crippen molar-refractivity contribution in [3.05, 3.63) is 138 Å². The summed E-state index contributed by atoms with van der Waals surface area (Å²) in [5.41, 5.74) is 2.34. The average Bonchev–Trinajstić information content (AvgIpc) is 3.39. The summed E-state index contributed by atoms with van der Waals surface area (Å²) >= 11 is 12.0. The number of nitrogens with one attached hydrogen (secondary N) is 1. The van der Waals surface area contributed by atoms with E-state index in [-0.39, 0.29) is 81.4 Å². The summed E-state index contributed by atoms with van der Waals surface area (Å²) in [5.74, 6) is -2.45. The van der Waals surface area contributed by atoms with Crippen molar-refractivity contribution in [2.75, 3.05) is 57.3 Å². The Labute approximate surface area is 450 Å². The molecule has 8 heterocycles. The summed E-state index contributed by atoms with van der Waals surface area (Å²) in [4.78, 5) is 72.8. The summed E-state index contributed by atoms with van der Waals surface area (Å²) in [6, 6.07) is 9.59. The van der Waals surface area contributed by atoms with Gasteiger partial charge in [0.25, 0.3) is 11.1 Å². The van der Waals surface area contributed by atoms with Gasteiger partial charge in [0.1, 0.15) is 23.5 Å². The zero-order chi connectivity index (χ0) is 55.2. The van der Waals surface area contributed by atoms with Gasteiger partial charge in [0.2, 0.25) is 11.8 Å². The van der Waals surface area contributed by atoms with Crippen molar-refractivity contribution in [1.82, 2.24) is 44.2 Å². The van der Waals surface area contributed by atoms with Crippen LogP contribution in [-0.2, 0) is 9.59 Å². The molecule has 0 aliphatic carbocycles. The number of carbonyl (C=O) groups is 2. The maximum absolute atomic E-state index is 14.8. The van der Waals surface area contributed by atoms with Crippen LogP contribution in [0, 0.1) is 34.3 Å². The van der Waals surface area contributed by atoms with Crippen molar-refractivity contribution in [3.63, 3.8) is 0 Å². The van der Waals surface area contributed by atoms with Crippen LogP contribution in [0.5, 0.6) is 5.75 Å². The average molecular weight is 1080 g/mol. The molecule has 2 aliphatic rings. The highest BCUT2D eigenvalue weighted by atomic mass is 35.5. The van der Waals surface area contributed by atoms with Gasteiger partial charge in [-0.1, -0.05) is 99.2 Å². The second-order valence-electron chi connectivity index (χ2n) is 18.9. The second-order valence-corrected chi connectivity index (χ2v) is 19.6. The molecule has 2 N–H and O–H groups in total. The largest absolute Gasteiger partial charge is 0.506 e. The Kier molecular flexibility index (Phi) is 19.7. The summed E-state index contributed by atoms with van der Waals surface area (Å²) in [6.45, 7) is 27.5. The molecule has 0 saturated carbocycles. The van der Waals surface area contributed by atoms with E-state index in [1.165, 1.54) is 27.4 Å². The van der Waals surface area contributed by atoms with Crippen LogP contribution in [0.15, 0.2) is 71.6 Å². The van der Waals surface area contributed by atoms with Gasteiger partial charge in [0.15, 0.2) is 38.8 Å². The van der Waals surface area contributed by atoms with Gasteiger partial charge >= 0.3 is 0 Å². The molecule has 0 radical (unpaired) electrons. The van der Waals surface area contributed by atoms with Gasteiger partial charge in [-0.05, 0) is 71.2 Å². The Morgan fingerprint density at radius 1 is 0.671 bits per heavy atom. The lowest BCUT2D eigenvalue weighted by molar-refractivity contribution is -0.127. The highest BCUT2D eigenvalue weighted by Crippen LogP contribution is 2.37. The molecule has 0 unspecified atom stereocenters. The van der Waals surface area contributed by atoms with Crippen LogP contribution >= 0.6 is 23.2 Å². The third-order valence-electron chi connectivity index (χ3n) is 12.7. The number of fused-ring (bicyclic) bond motifs is 2. The van der Waals surface area contributed by atoms with Gasteiger partial charge in [0.05, 0.1) is 33.8 Å². The van der Waals surface area contributed by atoms with Crippen LogP contribution in [-0.4, -0.2) is 108 Å². The van der Waals surface area contributed by atoms with Crippen molar-refractivity contribution in [3.8, 4) is 29.3 Å². The maximum Gasteiger partial charge on any atom is 0.278 e. The van der Waals surface area contributed by atoms with Gasteiger partial charge < -0.3 is 25.1 Å². The molecule has 0 bridgehead atoms. The van der Waals surface area contributed by atoms with E-state index in [1.807, 2.05) is 66.4 Å². The fraction of sp³-hybridized carbons (Fsp3) is 0.382. The highest BCUT2D eigenvalue weighted by Gasteiger charge is 2.31. The van der Waals surface area contributed by atoms with E-state index in [1.54, 1.807) is 34.3 Å². The zero-order valence-electron chi connectivity index (χ0n) is 43.0. The van der Waals surface area contributed by atoms with Gasteiger partial charge in [-0.25, -0.2) is 18.7 Å². The first-order valence-corrected chi connectivity index (χ1v) is 25.0. The number of amides is 2. The predicted molar refractivity (Wildman–Crippen MR) is 293 cm³/mol. The highest BCUT2D eigenvalue weighted by molar-refractivity contribution is 6.30. The van der Waals surface area contributed by atoms with E-state index in [2.05, 4.69) is 44.5 Å². The Bertz CT molecular complexity index is 3370. The van der Waals surface area contributed by atoms with Crippen molar-refractivity contribution in [2.45, 2.75) is 86.5 Å². The molecule has 17 nitrogen and oxygen atoms in total. The minimum absolute atomic E-state index is 0. The first-order valence-electron chi connectivity index (χ1n) is 24.3. The molecule has 6 aromatic rings. The molecule has 0 spiro atoms. The number of anilines is 1. The standard InChI is InChI=1S/C27H28ClFN6O2.C20H18ClFN4O2.C7H12N2O.CH4/c1-6-21(36)33-9-11-34(12-10-33)23-18-13-20(29)25(28)32-26(18)35(27(37)19(23)14-30)24-17(15(2)3)7-8-31-22(24)16(4)5;1-9(2)11-5-6-24-15(10(3)4)16(11)26-19-12(7-14(22)18(21)25-19)17(27)13(8-23)20(26)28;1-2-7(10)9-5-3-8-4-6-9;/h6-8,13,15-16H,1,9-12H2,2-5H3;5-7,9-10,27H,1-4H3;2,8H,1,3-6H2;1H4. The molecular weight excluding hydrogens is 1020 g/mol. The normalized spacial score (nSPS) is 13.4. The van der Waals surface area contributed by atoms with Gasteiger partial charge in [0, 0.05) is 70.1 Å². The number of nitriles is 2. The number of aromatic nitrogens is 6. The first kappa shape index (κ1) is 59.3. The zero-order valence-corrected chi connectivity index (χ0v) is 44.5. The van der Waals surface area contributed by atoms with Crippen LogP contribution in [0.4, 0.5) is 14.5 Å². The summed E-state index contributed by atoms with van der Waals surface area (Å²) < 4.78 is 31.4. The molecule has 2 saturated heterocycles. The van der Waals surface area contributed by atoms with E-state index in [9.17, 15) is 43.6 Å². The lowest BCUT2D eigenvalue weighted by Gasteiger charge is -2.36. The van der Waals surface area contributed by atoms with Crippen molar-refractivity contribution < 1.29 is 23.5 Å². The Morgan fingerprint density at radius 2 is 1.08 bits per heavy atom. The number of hydrogen-bond donors (Lipinski definition) is 2. The Hall–Kier alpha value is -7.58. The van der Waals surface area contributed by atoms with E-state index in [0.29, 0.717) is 48.9 Å². The van der Waals surface area contributed by atoms with Crippen molar-refractivity contribution >= 4 is 62.8 Å². The lowest BCUT2D eigenvalue weighted by atomic mass is 9.96. The molecule has 6 aromatic heterocycles. The second kappa shape index (κ2) is 25.3. The Morgan fingerprint density at radius 3 is 1.49 bits per heavy atom. The number of rotatable bonds is 9. The number of piperazine rings is 2. The maximum atomic E-state index is 14.8. The van der Waals surface area contributed by atoms with Crippen LogP contribution in [0.25, 0.3) is 33.4 Å². The number of carbonyl (C=O) groups excluding carboxylic acids is 2. The third-order valence-corrected chi connectivity index (χ3v) is 13.3. The van der Waals surface area contributed by atoms with E-state index >= 15 is 0 Å². The number of hydrogen-bond acceptors (Lipinski definition) is 13. The molecule has 2 fully saturated rings. The van der Waals surface area contributed by atoms with E-state index < -0.39 is 39.2 Å². The predicted octanol–water partition coefficient (Wildman–Crippen LogP) is 9.16. The fourth-order valence-electron chi connectivity index (χ4n) is 8.97.